The molecule has 3 rings (SSSR count). The highest BCUT2D eigenvalue weighted by Crippen LogP contribution is 2.24. The molecule has 0 unspecified atom stereocenters. The predicted octanol–water partition coefficient (Wildman–Crippen LogP) is 2.66. The number of rotatable bonds is 4. The minimum absolute atomic E-state index is 0.0392. The summed E-state index contributed by atoms with van der Waals surface area (Å²) < 4.78 is 28.9. The third-order valence-electron chi connectivity index (χ3n) is 5.11. The van der Waals surface area contributed by atoms with Crippen molar-refractivity contribution in [1.29, 1.82) is 0 Å². The van der Waals surface area contributed by atoms with Gasteiger partial charge in [0.2, 0.25) is 0 Å². The van der Waals surface area contributed by atoms with E-state index in [4.69, 9.17) is 16.3 Å². The van der Waals surface area contributed by atoms with Crippen molar-refractivity contribution in [2.75, 3.05) is 39.5 Å². The van der Waals surface area contributed by atoms with Crippen LogP contribution >= 0.6 is 11.6 Å². The summed E-state index contributed by atoms with van der Waals surface area (Å²) in [5.74, 6) is 0.169. The molecule has 1 fully saturated rings. The SMILES string of the molecule is COc1cc(C(=O)N2CCN(C(=O)c3cc(S(C)(=O)=O)ccc3Cl)CC2)ccc1C. The Kier molecular flexibility index (Phi) is 6.38. The third-order valence-corrected chi connectivity index (χ3v) is 6.55. The van der Waals surface area contributed by atoms with Gasteiger partial charge in [-0.25, -0.2) is 8.42 Å². The average Bonchev–Trinajstić information content (AvgIpc) is 2.72. The number of methoxy groups -OCH3 is 1. The first-order valence-corrected chi connectivity index (χ1v) is 11.6. The Morgan fingerprint density at radius 3 is 2.13 bits per heavy atom. The molecule has 2 aromatic rings. The highest BCUT2D eigenvalue weighted by Gasteiger charge is 2.27. The molecule has 0 N–H and O–H groups in total. The molecular formula is C21H23ClN2O5S. The van der Waals surface area contributed by atoms with Crippen molar-refractivity contribution in [3.05, 3.63) is 58.1 Å². The standard InChI is InChI=1S/C21H23ClN2O5S/c1-14-4-5-15(12-19(14)29-2)20(25)23-8-10-24(11-9-23)21(26)17-13-16(30(3,27)28)6-7-18(17)22/h4-7,12-13H,8-11H2,1-3H3. The van der Waals surface area contributed by atoms with Crippen molar-refractivity contribution >= 4 is 33.3 Å². The van der Waals surface area contributed by atoms with Gasteiger partial charge in [0.1, 0.15) is 5.75 Å². The molecule has 7 nitrogen and oxygen atoms in total. The van der Waals surface area contributed by atoms with E-state index in [1.165, 1.54) is 18.2 Å². The number of carbonyl (C=O) groups is 2. The summed E-state index contributed by atoms with van der Waals surface area (Å²) in [6.07, 6.45) is 1.08. The van der Waals surface area contributed by atoms with E-state index >= 15 is 0 Å². The van der Waals surface area contributed by atoms with E-state index in [9.17, 15) is 18.0 Å². The Labute approximate surface area is 181 Å². The van der Waals surface area contributed by atoms with Crippen molar-refractivity contribution in [2.45, 2.75) is 11.8 Å². The van der Waals surface area contributed by atoms with Gasteiger partial charge in [0.05, 0.1) is 22.6 Å². The van der Waals surface area contributed by atoms with E-state index in [2.05, 4.69) is 0 Å². The van der Waals surface area contributed by atoms with Crippen molar-refractivity contribution in [3.63, 3.8) is 0 Å². The summed E-state index contributed by atoms with van der Waals surface area (Å²) in [6, 6.07) is 9.40. The number of hydrogen-bond acceptors (Lipinski definition) is 5. The second-order valence-corrected chi connectivity index (χ2v) is 9.61. The zero-order valence-electron chi connectivity index (χ0n) is 17.0. The smallest absolute Gasteiger partial charge is 0.255 e. The molecule has 1 saturated heterocycles. The fourth-order valence-corrected chi connectivity index (χ4v) is 4.16. The number of amides is 2. The third kappa shape index (κ3) is 4.60. The second kappa shape index (κ2) is 8.65. The summed E-state index contributed by atoms with van der Waals surface area (Å²) in [5.41, 5.74) is 1.61. The average molecular weight is 451 g/mol. The van der Waals surface area contributed by atoms with Crippen molar-refractivity contribution in [3.8, 4) is 5.75 Å². The van der Waals surface area contributed by atoms with Gasteiger partial charge in [0.15, 0.2) is 9.84 Å². The summed E-state index contributed by atoms with van der Waals surface area (Å²) in [6.45, 7) is 3.29. The molecule has 0 aromatic heterocycles. The molecule has 0 atom stereocenters. The van der Waals surface area contributed by atoms with Gasteiger partial charge >= 0.3 is 0 Å². The van der Waals surface area contributed by atoms with Crippen LogP contribution in [0.15, 0.2) is 41.3 Å². The van der Waals surface area contributed by atoms with Crippen LogP contribution in [0.3, 0.4) is 0 Å². The molecule has 2 amide bonds. The van der Waals surface area contributed by atoms with Gasteiger partial charge in [-0.1, -0.05) is 17.7 Å². The number of halogens is 1. The number of hydrogen-bond donors (Lipinski definition) is 0. The summed E-state index contributed by atoms with van der Waals surface area (Å²) in [5, 5.41) is 0.192. The zero-order valence-corrected chi connectivity index (χ0v) is 18.6. The zero-order chi connectivity index (χ0) is 22.1. The molecule has 30 heavy (non-hydrogen) atoms. The van der Waals surface area contributed by atoms with Crippen LogP contribution in [-0.4, -0.2) is 69.6 Å². The number of ether oxygens (including phenoxy) is 1. The van der Waals surface area contributed by atoms with E-state index in [1.807, 2.05) is 13.0 Å². The molecule has 0 spiro atoms. The topological polar surface area (TPSA) is 84.0 Å². The van der Waals surface area contributed by atoms with Crippen LogP contribution in [0.5, 0.6) is 5.75 Å². The van der Waals surface area contributed by atoms with Gasteiger partial charge in [-0.3, -0.25) is 9.59 Å². The van der Waals surface area contributed by atoms with Crippen molar-refractivity contribution < 1.29 is 22.7 Å². The molecule has 0 bridgehead atoms. The van der Waals surface area contributed by atoms with Crippen LogP contribution in [0.2, 0.25) is 5.02 Å². The lowest BCUT2D eigenvalue weighted by molar-refractivity contribution is 0.0535. The van der Waals surface area contributed by atoms with Crippen LogP contribution in [0.25, 0.3) is 0 Å². The van der Waals surface area contributed by atoms with Gasteiger partial charge in [0, 0.05) is 38.0 Å². The number of piperazine rings is 1. The molecule has 0 radical (unpaired) electrons. The fourth-order valence-electron chi connectivity index (χ4n) is 3.32. The van der Waals surface area contributed by atoms with Gasteiger partial charge in [0.25, 0.3) is 11.8 Å². The Balaban J connectivity index is 1.71. The van der Waals surface area contributed by atoms with E-state index in [-0.39, 0.29) is 27.3 Å². The van der Waals surface area contributed by atoms with Crippen molar-refractivity contribution in [2.24, 2.45) is 0 Å². The van der Waals surface area contributed by atoms with Crippen LogP contribution in [0.4, 0.5) is 0 Å². The number of aryl methyl sites for hydroxylation is 1. The predicted molar refractivity (Wildman–Crippen MR) is 114 cm³/mol. The Morgan fingerprint density at radius 2 is 1.57 bits per heavy atom. The van der Waals surface area contributed by atoms with E-state index in [1.54, 1.807) is 29.0 Å². The van der Waals surface area contributed by atoms with Crippen LogP contribution in [-0.2, 0) is 9.84 Å². The summed E-state index contributed by atoms with van der Waals surface area (Å²) >= 11 is 6.14. The minimum atomic E-state index is -3.46. The first-order valence-electron chi connectivity index (χ1n) is 9.34. The molecule has 2 aromatic carbocycles. The molecule has 1 heterocycles. The van der Waals surface area contributed by atoms with Crippen molar-refractivity contribution in [1.82, 2.24) is 9.80 Å². The normalized spacial score (nSPS) is 14.5. The first kappa shape index (κ1) is 22.1. The Hall–Kier alpha value is -2.58. The minimum Gasteiger partial charge on any atom is -0.496 e. The molecule has 0 aliphatic carbocycles. The van der Waals surface area contributed by atoms with E-state index in [0.29, 0.717) is 37.5 Å². The maximum Gasteiger partial charge on any atom is 0.255 e. The second-order valence-electron chi connectivity index (χ2n) is 7.18. The highest BCUT2D eigenvalue weighted by atomic mass is 35.5. The van der Waals surface area contributed by atoms with Gasteiger partial charge in [-0.15, -0.1) is 0 Å². The molecule has 160 valence electrons. The van der Waals surface area contributed by atoms with Gasteiger partial charge in [-0.2, -0.15) is 0 Å². The molecule has 1 aliphatic rings. The first-order chi connectivity index (χ1) is 14.1. The van der Waals surface area contributed by atoms with Crippen LogP contribution in [0.1, 0.15) is 26.3 Å². The largest absolute Gasteiger partial charge is 0.496 e. The fraction of sp³-hybridized carbons (Fsp3) is 0.333. The lowest BCUT2D eigenvalue weighted by Crippen LogP contribution is -2.50. The van der Waals surface area contributed by atoms with Gasteiger partial charge < -0.3 is 14.5 Å². The lowest BCUT2D eigenvalue weighted by Gasteiger charge is -2.35. The van der Waals surface area contributed by atoms with Gasteiger partial charge in [-0.05, 0) is 42.8 Å². The number of nitrogens with zero attached hydrogens (tertiary/aromatic N) is 2. The molecule has 9 heteroatoms. The van der Waals surface area contributed by atoms with Crippen LogP contribution in [0, 0.1) is 6.92 Å². The quantitative estimate of drug-likeness (QED) is 0.715. The molecule has 0 saturated carbocycles. The number of carbonyl (C=O) groups excluding carboxylic acids is 2. The van der Waals surface area contributed by atoms with E-state index in [0.717, 1.165) is 11.8 Å². The maximum atomic E-state index is 12.9. The Morgan fingerprint density at radius 1 is 0.967 bits per heavy atom. The molecule has 1 aliphatic heterocycles. The Bertz CT molecular complexity index is 1090. The summed E-state index contributed by atoms with van der Waals surface area (Å²) in [4.78, 5) is 29.0. The van der Waals surface area contributed by atoms with E-state index < -0.39 is 9.84 Å². The monoisotopic (exact) mass is 450 g/mol. The summed E-state index contributed by atoms with van der Waals surface area (Å²) in [7, 11) is -1.90. The molecular weight excluding hydrogens is 428 g/mol. The number of benzene rings is 2. The highest BCUT2D eigenvalue weighted by molar-refractivity contribution is 7.90. The number of sulfone groups is 1. The van der Waals surface area contributed by atoms with Crippen LogP contribution < -0.4 is 4.74 Å². The lowest BCUT2D eigenvalue weighted by atomic mass is 10.1. The maximum absolute atomic E-state index is 12.9.